The first-order valence-electron chi connectivity index (χ1n) is 4.88. The van der Waals surface area contributed by atoms with Crippen LogP contribution in [0.3, 0.4) is 0 Å². The fraction of sp³-hybridized carbons (Fsp3) is 0.250. The number of rotatable bonds is 4. The summed E-state index contributed by atoms with van der Waals surface area (Å²) in [7, 11) is 0. The Hall–Kier alpha value is -2.58. The van der Waals surface area contributed by atoms with E-state index in [1.807, 2.05) is 0 Å². The number of aromatic amines is 1. The standard InChI is InChI=1S/C8H11N7O2/c9-7(16)11-4-3-10-5-1-2-6-12-13-8(17)15(6)14-5/h1-2H,3-4H2,(H,10,14)(H,13,17)(H3,9,11,16). The Morgan fingerprint density at radius 1 is 1.47 bits per heavy atom. The Morgan fingerprint density at radius 3 is 3.06 bits per heavy atom. The van der Waals surface area contributed by atoms with Gasteiger partial charge in [0.15, 0.2) is 5.65 Å². The second kappa shape index (κ2) is 4.51. The van der Waals surface area contributed by atoms with Crippen LogP contribution in [-0.4, -0.2) is 38.9 Å². The van der Waals surface area contributed by atoms with Crippen LogP contribution in [0.1, 0.15) is 0 Å². The molecule has 0 fully saturated rings. The summed E-state index contributed by atoms with van der Waals surface area (Å²) in [6, 6.07) is 2.75. The monoisotopic (exact) mass is 237 g/mol. The molecule has 0 unspecified atom stereocenters. The summed E-state index contributed by atoms with van der Waals surface area (Å²) in [5.74, 6) is 0.507. The number of aromatic nitrogens is 4. The normalized spacial score (nSPS) is 10.4. The molecule has 2 aromatic heterocycles. The van der Waals surface area contributed by atoms with Crippen LogP contribution in [0.4, 0.5) is 10.6 Å². The van der Waals surface area contributed by atoms with Crippen LogP contribution in [0.15, 0.2) is 16.9 Å². The van der Waals surface area contributed by atoms with Gasteiger partial charge in [-0.05, 0) is 12.1 Å². The Kier molecular flexibility index (Phi) is 2.90. The molecule has 0 aliphatic rings. The largest absolute Gasteiger partial charge is 0.367 e. The lowest BCUT2D eigenvalue weighted by molar-refractivity contribution is 0.249. The van der Waals surface area contributed by atoms with E-state index in [9.17, 15) is 9.59 Å². The third kappa shape index (κ3) is 2.51. The van der Waals surface area contributed by atoms with E-state index in [0.717, 1.165) is 4.52 Å². The van der Waals surface area contributed by atoms with Gasteiger partial charge in [-0.25, -0.2) is 14.7 Å². The number of primary amides is 1. The summed E-state index contributed by atoms with van der Waals surface area (Å²) in [4.78, 5) is 21.6. The highest BCUT2D eigenvalue weighted by molar-refractivity contribution is 5.71. The minimum absolute atomic E-state index is 0.370. The van der Waals surface area contributed by atoms with Gasteiger partial charge >= 0.3 is 11.7 Å². The lowest BCUT2D eigenvalue weighted by Gasteiger charge is -2.05. The zero-order valence-electron chi connectivity index (χ0n) is 8.80. The maximum Gasteiger partial charge on any atom is 0.364 e. The Morgan fingerprint density at radius 2 is 2.29 bits per heavy atom. The minimum Gasteiger partial charge on any atom is -0.367 e. The number of H-pyrrole nitrogens is 1. The predicted molar refractivity (Wildman–Crippen MR) is 59.7 cm³/mol. The van der Waals surface area contributed by atoms with Gasteiger partial charge in [0.2, 0.25) is 0 Å². The van der Waals surface area contributed by atoms with Crippen LogP contribution in [0, 0.1) is 0 Å². The molecule has 2 rings (SSSR count). The van der Waals surface area contributed by atoms with E-state index in [-0.39, 0.29) is 0 Å². The van der Waals surface area contributed by atoms with E-state index in [2.05, 4.69) is 25.9 Å². The summed E-state index contributed by atoms with van der Waals surface area (Å²) in [6.45, 7) is 0.823. The molecule has 17 heavy (non-hydrogen) atoms. The Labute approximate surface area is 95.0 Å². The van der Waals surface area contributed by atoms with Crippen molar-refractivity contribution >= 4 is 17.5 Å². The Bertz CT molecular complexity index is 587. The zero-order valence-corrected chi connectivity index (χ0v) is 8.80. The molecule has 9 nitrogen and oxygen atoms in total. The molecule has 0 radical (unpaired) electrons. The number of anilines is 1. The lowest BCUT2D eigenvalue weighted by Crippen LogP contribution is -2.33. The molecule has 2 aromatic rings. The highest BCUT2D eigenvalue weighted by Gasteiger charge is 2.01. The summed E-state index contributed by atoms with van der Waals surface area (Å²) in [6.07, 6.45) is 0. The van der Waals surface area contributed by atoms with Crippen molar-refractivity contribution in [2.24, 2.45) is 5.73 Å². The highest BCUT2D eigenvalue weighted by atomic mass is 16.2. The molecule has 2 heterocycles. The first-order chi connectivity index (χ1) is 8.16. The molecule has 9 heteroatoms. The van der Waals surface area contributed by atoms with Gasteiger partial charge in [0.05, 0.1) is 0 Å². The van der Waals surface area contributed by atoms with Crippen LogP contribution in [0.2, 0.25) is 0 Å². The third-order valence-corrected chi connectivity index (χ3v) is 2.00. The van der Waals surface area contributed by atoms with Gasteiger partial charge in [-0.1, -0.05) is 0 Å². The number of carbonyl (C=O) groups excluding carboxylic acids is 1. The second-order valence-corrected chi connectivity index (χ2v) is 3.24. The number of nitrogens with zero attached hydrogens (tertiary/aromatic N) is 3. The molecular weight excluding hydrogens is 226 g/mol. The first-order valence-corrected chi connectivity index (χ1v) is 4.88. The van der Waals surface area contributed by atoms with E-state index >= 15 is 0 Å². The minimum atomic E-state index is -0.582. The predicted octanol–water partition coefficient (Wildman–Crippen LogP) is -1.50. The average Bonchev–Trinajstić information content (AvgIpc) is 2.66. The molecule has 90 valence electrons. The van der Waals surface area contributed by atoms with E-state index in [4.69, 9.17) is 5.73 Å². The van der Waals surface area contributed by atoms with E-state index < -0.39 is 11.7 Å². The van der Waals surface area contributed by atoms with Crippen LogP contribution in [0.25, 0.3) is 5.65 Å². The van der Waals surface area contributed by atoms with Crippen molar-refractivity contribution in [1.29, 1.82) is 0 Å². The average molecular weight is 237 g/mol. The second-order valence-electron chi connectivity index (χ2n) is 3.24. The van der Waals surface area contributed by atoms with Crippen molar-refractivity contribution in [3.05, 3.63) is 22.6 Å². The summed E-state index contributed by atoms with van der Waals surface area (Å²) >= 11 is 0. The Balaban J connectivity index is 2.01. The summed E-state index contributed by atoms with van der Waals surface area (Å²) < 4.78 is 1.14. The zero-order chi connectivity index (χ0) is 12.3. The number of nitrogens with two attached hydrogens (primary N) is 1. The molecule has 5 N–H and O–H groups in total. The first kappa shape index (κ1) is 10.9. The van der Waals surface area contributed by atoms with Crippen LogP contribution < -0.4 is 22.1 Å². The quantitative estimate of drug-likeness (QED) is 0.480. The SMILES string of the molecule is NC(=O)NCCNc1ccc2n[nH]c(=O)n2n1. The van der Waals surface area contributed by atoms with Gasteiger partial charge < -0.3 is 16.4 Å². The molecule has 0 saturated heterocycles. The van der Waals surface area contributed by atoms with Gasteiger partial charge in [0.25, 0.3) is 0 Å². The molecule has 0 spiro atoms. The number of carbonyl (C=O) groups is 1. The van der Waals surface area contributed by atoms with E-state index in [1.165, 1.54) is 0 Å². The summed E-state index contributed by atoms with van der Waals surface area (Å²) in [5.41, 5.74) is 4.94. The van der Waals surface area contributed by atoms with Crippen molar-refractivity contribution in [3.63, 3.8) is 0 Å². The molecule has 0 atom stereocenters. The van der Waals surface area contributed by atoms with Gasteiger partial charge in [-0.2, -0.15) is 9.61 Å². The number of hydrogen-bond acceptors (Lipinski definition) is 5. The highest BCUT2D eigenvalue weighted by Crippen LogP contribution is 2.01. The number of hydrogen-bond donors (Lipinski definition) is 4. The summed E-state index contributed by atoms with van der Waals surface area (Å²) in [5, 5.41) is 15.4. The van der Waals surface area contributed by atoms with Crippen LogP contribution >= 0.6 is 0 Å². The van der Waals surface area contributed by atoms with Crippen LogP contribution in [0.5, 0.6) is 0 Å². The molecule has 0 aliphatic carbocycles. The van der Waals surface area contributed by atoms with Crippen molar-refractivity contribution in [2.75, 3.05) is 18.4 Å². The van der Waals surface area contributed by atoms with Gasteiger partial charge in [0, 0.05) is 13.1 Å². The molecular formula is C8H11N7O2. The van der Waals surface area contributed by atoms with E-state index in [1.54, 1.807) is 12.1 Å². The van der Waals surface area contributed by atoms with Crippen molar-refractivity contribution in [1.82, 2.24) is 25.1 Å². The van der Waals surface area contributed by atoms with Crippen molar-refractivity contribution in [3.8, 4) is 0 Å². The lowest BCUT2D eigenvalue weighted by atomic mass is 10.5. The maximum atomic E-state index is 11.2. The molecule has 0 aromatic carbocycles. The van der Waals surface area contributed by atoms with Gasteiger partial charge in [-0.3, -0.25) is 0 Å². The maximum absolute atomic E-state index is 11.2. The molecule has 2 amide bonds. The third-order valence-electron chi connectivity index (χ3n) is 2.00. The molecule has 0 bridgehead atoms. The van der Waals surface area contributed by atoms with E-state index in [0.29, 0.717) is 24.6 Å². The fourth-order valence-electron chi connectivity index (χ4n) is 1.27. The van der Waals surface area contributed by atoms with Gasteiger partial charge in [-0.15, -0.1) is 5.10 Å². The number of fused-ring (bicyclic) bond motifs is 1. The van der Waals surface area contributed by atoms with Crippen molar-refractivity contribution in [2.45, 2.75) is 0 Å². The molecule has 0 aliphatic heterocycles. The van der Waals surface area contributed by atoms with Gasteiger partial charge in [0.1, 0.15) is 5.82 Å². The molecule has 0 saturated carbocycles. The number of amides is 2. The number of nitrogens with one attached hydrogen (secondary N) is 3. The number of urea groups is 1. The van der Waals surface area contributed by atoms with Crippen molar-refractivity contribution < 1.29 is 4.79 Å². The smallest absolute Gasteiger partial charge is 0.364 e. The fourth-order valence-corrected chi connectivity index (χ4v) is 1.27. The van der Waals surface area contributed by atoms with Crippen LogP contribution in [-0.2, 0) is 0 Å². The topological polar surface area (TPSA) is 130 Å².